The van der Waals surface area contributed by atoms with Gasteiger partial charge in [-0.05, 0) is 49.1 Å². The smallest absolute Gasteiger partial charge is 0.189 e. The number of hydrogen-bond donors (Lipinski definition) is 3. The van der Waals surface area contributed by atoms with Crippen molar-refractivity contribution in [2.45, 2.75) is 13.5 Å². The number of aryl methyl sites for hydroxylation is 1. The van der Waals surface area contributed by atoms with Crippen LogP contribution in [0, 0.1) is 6.92 Å². The summed E-state index contributed by atoms with van der Waals surface area (Å²) in [6.45, 7) is 2.72. The van der Waals surface area contributed by atoms with Crippen LogP contribution in [0.25, 0.3) is 0 Å². The molecule has 0 saturated heterocycles. The molecule has 23 heavy (non-hydrogen) atoms. The van der Waals surface area contributed by atoms with Gasteiger partial charge in [-0.25, -0.2) is 0 Å². The normalized spacial score (nSPS) is 9.83. The SMILES string of the molecule is Cc1ccc(NC(=S)NN(C)C(=S)NCc2ccccc2)cc1. The first-order valence-corrected chi connectivity index (χ1v) is 8.06. The van der Waals surface area contributed by atoms with Gasteiger partial charge in [0.05, 0.1) is 0 Å². The molecule has 0 bridgehead atoms. The molecule has 0 aliphatic carbocycles. The van der Waals surface area contributed by atoms with Crippen molar-refractivity contribution in [2.75, 3.05) is 12.4 Å². The molecule has 0 aromatic heterocycles. The maximum Gasteiger partial charge on any atom is 0.189 e. The highest BCUT2D eigenvalue weighted by atomic mass is 32.1. The van der Waals surface area contributed by atoms with Gasteiger partial charge in [-0.15, -0.1) is 0 Å². The molecule has 0 amide bonds. The van der Waals surface area contributed by atoms with E-state index in [0.717, 1.165) is 5.69 Å². The number of hydrogen-bond acceptors (Lipinski definition) is 2. The van der Waals surface area contributed by atoms with Crippen molar-refractivity contribution in [3.63, 3.8) is 0 Å². The first kappa shape index (κ1) is 17.2. The Morgan fingerprint density at radius 3 is 2.30 bits per heavy atom. The first-order valence-electron chi connectivity index (χ1n) is 7.24. The van der Waals surface area contributed by atoms with E-state index in [2.05, 4.69) is 16.1 Å². The van der Waals surface area contributed by atoms with Gasteiger partial charge in [-0.2, -0.15) is 0 Å². The van der Waals surface area contributed by atoms with Gasteiger partial charge in [0.25, 0.3) is 0 Å². The summed E-state index contributed by atoms with van der Waals surface area (Å²) in [5.74, 6) is 0. The van der Waals surface area contributed by atoms with Crippen molar-refractivity contribution in [3.05, 3.63) is 65.7 Å². The first-order chi connectivity index (χ1) is 11.0. The molecule has 0 radical (unpaired) electrons. The highest BCUT2D eigenvalue weighted by molar-refractivity contribution is 7.80. The van der Waals surface area contributed by atoms with E-state index in [1.807, 2.05) is 68.6 Å². The van der Waals surface area contributed by atoms with Gasteiger partial charge in [-0.3, -0.25) is 10.4 Å². The van der Waals surface area contributed by atoms with E-state index in [-0.39, 0.29) is 0 Å². The van der Waals surface area contributed by atoms with Gasteiger partial charge in [-0.1, -0.05) is 48.0 Å². The van der Waals surface area contributed by atoms with Crippen LogP contribution in [0.4, 0.5) is 5.69 Å². The van der Waals surface area contributed by atoms with Gasteiger partial charge < -0.3 is 10.6 Å². The molecule has 6 heteroatoms. The third kappa shape index (κ3) is 5.84. The minimum absolute atomic E-state index is 0.486. The third-order valence-corrected chi connectivity index (χ3v) is 3.78. The molecule has 2 rings (SSSR count). The molecule has 0 heterocycles. The van der Waals surface area contributed by atoms with E-state index < -0.39 is 0 Å². The summed E-state index contributed by atoms with van der Waals surface area (Å²) >= 11 is 10.6. The molecular formula is C17H20N4S2. The van der Waals surface area contributed by atoms with Crippen molar-refractivity contribution >= 4 is 40.3 Å². The quantitative estimate of drug-likeness (QED) is 0.587. The molecule has 4 nitrogen and oxygen atoms in total. The topological polar surface area (TPSA) is 39.3 Å². The second-order valence-electron chi connectivity index (χ2n) is 5.14. The van der Waals surface area contributed by atoms with Crippen molar-refractivity contribution < 1.29 is 0 Å². The summed E-state index contributed by atoms with van der Waals surface area (Å²) in [6.07, 6.45) is 0. The molecule has 0 spiro atoms. The van der Waals surface area contributed by atoms with Crippen LogP contribution in [0.3, 0.4) is 0 Å². The molecule has 3 N–H and O–H groups in total. The molecular weight excluding hydrogens is 324 g/mol. The molecule has 120 valence electrons. The molecule has 0 saturated carbocycles. The Labute approximate surface area is 147 Å². The van der Waals surface area contributed by atoms with Crippen LogP contribution in [0.2, 0.25) is 0 Å². The van der Waals surface area contributed by atoms with Crippen LogP contribution < -0.4 is 16.1 Å². The fourth-order valence-corrected chi connectivity index (χ4v) is 2.26. The van der Waals surface area contributed by atoms with Crippen molar-refractivity contribution in [2.24, 2.45) is 0 Å². The predicted molar refractivity (Wildman–Crippen MR) is 104 cm³/mol. The van der Waals surface area contributed by atoms with Crippen molar-refractivity contribution in [1.82, 2.24) is 15.8 Å². The Balaban J connectivity index is 1.78. The highest BCUT2D eigenvalue weighted by Crippen LogP contribution is 2.08. The number of thiocarbonyl (C=S) groups is 2. The zero-order valence-corrected chi connectivity index (χ0v) is 14.8. The third-order valence-electron chi connectivity index (χ3n) is 3.17. The maximum atomic E-state index is 5.34. The van der Waals surface area contributed by atoms with Crippen LogP contribution in [0.5, 0.6) is 0 Å². The Bertz CT molecular complexity index is 656. The van der Waals surface area contributed by atoms with Gasteiger partial charge in [0.15, 0.2) is 10.2 Å². The number of rotatable bonds is 3. The molecule has 0 atom stereocenters. The van der Waals surface area contributed by atoms with Gasteiger partial charge in [0.1, 0.15) is 0 Å². The van der Waals surface area contributed by atoms with E-state index in [1.54, 1.807) is 5.01 Å². The fourth-order valence-electron chi connectivity index (χ4n) is 1.89. The average molecular weight is 345 g/mol. The van der Waals surface area contributed by atoms with Crippen LogP contribution >= 0.6 is 24.4 Å². The van der Waals surface area contributed by atoms with Crippen LogP contribution in [-0.2, 0) is 6.54 Å². The number of nitrogens with one attached hydrogen (secondary N) is 3. The summed E-state index contributed by atoms with van der Waals surface area (Å²) in [4.78, 5) is 0. The van der Waals surface area contributed by atoms with E-state index in [1.165, 1.54) is 11.1 Å². The summed E-state index contributed by atoms with van der Waals surface area (Å²) in [7, 11) is 1.82. The Hall–Kier alpha value is -2.18. The Kier molecular flexibility index (Phi) is 6.31. The second kappa shape index (κ2) is 8.45. The lowest BCUT2D eigenvalue weighted by Crippen LogP contribution is -2.49. The Morgan fingerprint density at radius 2 is 1.65 bits per heavy atom. The molecule has 0 fully saturated rings. The lowest BCUT2D eigenvalue weighted by molar-refractivity contribution is 0.450. The predicted octanol–water partition coefficient (Wildman–Crippen LogP) is 3.20. The van der Waals surface area contributed by atoms with Gasteiger partial charge in [0, 0.05) is 19.3 Å². The minimum atomic E-state index is 0.486. The fraction of sp³-hybridized carbons (Fsp3) is 0.176. The number of anilines is 1. The summed E-state index contributed by atoms with van der Waals surface area (Å²) in [5.41, 5.74) is 6.34. The summed E-state index contributed by atoms with van der Waals surface area (Å²) in [5, 5.41) is 9.04. The van der Waals surface area contributed by atoms with Crippen LogP contribution in [0.15, 0.2) is 54.6 Å². The molecule has 0 aliphatic rings. The number of hydrazine groups is 1. The maximum absolute atomic E-state index is 5.34. The standard InChI is InChI=1S/C17H20N4S2/c1-13-8-10-15(11-9-13)19-16(22)20-21(2)17(23)18-12-14-6-4-3-5-7-14/h3-11H,12H2,1-2H3,(H,18,23)(H2,19,20,22). The molecule has 0 aliphatic heterocycles. The molecule has 2 aromatic rings. The van der Waals surface area contributed by atoms with Crippen molar-refractivity contribution in [3.8, 4) is 0 Å². The zero-order chi connectivity index (χ0) is 16.7. The summed E-state index contributed by atoms with van der Waals surface area (Å²) < 4.78 is 0. The summed E-state index contributed by atoms with van der Waals surface area (Å²) in [6, 6.07) is 18.1. The highest BCUT2D eigenvalue weighted by Gasteiger charge is 2.06. The van der Waals surface area contributed by atoms with Gasteiger partial charge >= 0.3 is 0 Å². The van der Waals surface area contributed by atoms with E-state index in [4.69, 9.17) is 24.4 Å². The Morgan fingerprint density at radius 1 is 1.00 bits per heavy atom. The lowest BCUT2D eigenvalue weighted by Gasteiger charge is -2.23. The van der Waals surface area contributed by atoms with E-state index in [0.29, 0.717) is 16.8 Å². The average Bonchev–Trinajstić information content (AvgIpc) is 2.55. The van der Waals surface area contributed by atoms with Crippen molar-refractivity contribution in [1.29, 1.82) is 0 Å². The number of nitrogens with zero attached hydrogens (tertiary/aromatic N) is 1. The zero-order valence-electron chi connectivity index (χ0n) is 13.2. The van der Waals surface area contributed by atoms with E-state index >= 15 is 0 Å². The van der Waals surface area contributed by atoms with Gasteiger partial charge in [0.2, 0.25) is 0 Å². The van der Waals surface area contributed by atoms with E-state index in [9.17, 15) is 0 Å². The monoisotopic (exact) mass is 344 g/mol. The second-order valence-corrected chi connectivity index (χ2v) is 5.93. The number of benzene rings is 2. The molecule has 2 aromatic carbocycles. The minimum Gasteiger partial charge on any atom is -0.357 e. The largest absolute Gasteiger partial charge is 0.357 e. The van der Waals surface area contributed by atoms with Crippen LogP contribution in [-0.4, -0.2) is 22.3 Å². The lowest BCUT2D eigenvalue weighted by atomic mass is 10.2. The molecule has 0 unspecified atom stereocenters. The van der Waals surface area contributed by atoms with Crippen LogP contribution in [0.1, 0.15) is 11.1 Å².